The molecular weight excluding hydrogens is 258 g/mol. The predicted octanol–water partition coefficient (Wildman–Crippen LogP) is 2.39. The second-order valence-electron chi connectivity index (χ2n) is 6.04. The van der Waals surface area contributed by atoms with Gasteiger partial charge in [0.1, 0.15) is 0 Å². The Morgan fingerprint density at radius 1 is 1.26 bits per heavy atom. The standard InChI is InChI=1S/C15H23N3.ClH/c1-13-2-3-14(17-10-13)11-18-9-6-15(12-18)4-7-16-8-5-15;/h2-3,10,16H,4-9,11-12H2,1H3;1H. The molecule has 0 aromatic carbocycles. The van der Waals surface area contributed by atoms with Crippen molar-refractivity contribution in [1.29, 1.82) is 0 Å². The molecule has 0 radical (unpaired) electrons. The van der Waals surface area contributed by atoms with Crippen LogP contribution in [0.5, 0.6) is 0 Å². The third kappa shape index (κ3) is 3.47. The fraction of sp³-hybridized carbons (Fsp3) is 0.667. The molecule has 19 heavy (non-hydrogen) atoms. The van der Waals surface area contributed by atoms with Crippen molar-refractivity contribution in [3.63, 3.8) is 0 Å². The highest BCUT2D eigenvalue weighted by Gasteiger charge is 2.38. The van der Waals surface area contributed by atoms with Gasteiger partial charge in [0.25, 0.3) is 0 Å². The monoisotopic (exact) mass is 281 g/mol. The van der Waals surface area contributed by atoms with Gasteiger partial charge in [-0.2, -0.15) is 0 Å². The highest BCUT2D eigenvalue weighted by atomic mass is 35.5. The molecule has 0 atom stereocenters. The van der Waals surface area contributed by atoms with Gasteiger partial charge in [-0.15, -0.1) is 12.4 Å². The van der Waals surface area contributed by atoms with Gasteiger partial charge < -0.3 is 5.32 Å². The van der Waals surface area contributed by atoms with E-state index in [1.165, 1.54) is 56.7 Å². The smallest absolute Gasteiger partial charge is 0.0544 e. The van der Waals surface area contributed by atoms with Crippen molar-refractivity contribution in [2.75, 3.05) is 26.2 Å². The Labute approximate surface area is 122 Å². The van der Waals surface area contributed by atoms with Crippen LogP contribution in [0.3, 0.4) is 0 Å². The lowest BCUT2D eigenvalue weighted by Crippen LogP contribution is -2.38. The fourth-order valence-corrected chi connectivity index (χ4v) is 3.35. The Balaban J connectivity index is 0.00000133. The molecule has 4 heteroatoms. The number of nitrogens with one attached hydrogen (secondary N) is 1. The maximum absolute atomic E-state index is 4.52. The molecule has 2 aliphatic heterocycles. The van der Waals surface area contributed by atoms with Crippen LogP contribution < -0.4 is 5.32 Å². The fourth-order valence-electron chi connectivity index (χ4n) is 3.35. The third-order valence-corrected chi connectivity index (χ3v) is 4.54. The number of rotatable bonds is 2. The molecule has 2 fully saturated rings. The second-order valence-corrected chi connectivity index (χ2v) is 6.04. The van der Waals surface area contributed by atoms with Crippen LogP contribution in [0, 0.1) is 12.3 Å². The minimum Gasteiger partial charge on any atom is -0.317 e. The van der Waals surface area contributed by atoms with Crippen molar-refractivity contribution in [3.05, 3.63) is 29.6 Å². The molecule has 1 spiro atoms. The van der Waals surface area contributed by atoms with Gasteiger partial charge in [-0.25, -0.2) is 0 Å². The van der Waals surface area contributed by atoms with Gasteiger partial charge in [-0.05, 0) is 62.9 Å². The van der Waals surface area contributed by atoms with E-state index in [0.717, 1.165) is 6.54 Å². The molecule has 1 N–H and O–H groups in total. The normalized spacial score (nSPS) is 22.4. The van der Waals surface area contributed by atoms with Gasteiger partial charge in [-0.3, -0.25) is 9.88 Å². The number of hydrogen-bond acceptors (Lipinski definition) is 3. The Bertz CT molecular complexity index is 398. The molecule has 0 unspecified atom stereocenters. The van der Waals surface area contributed by atoms with E-state index in [0.29, 0.717) is 5.41 Å². The molecule has 3 rings (SSSR count). The van der Waals surface area contributed by atoms with Crippen molar-refractivity contribution in [2.45, 2.75) is 32.7 Å². The number of pyridine rings is 1. The molecule has 3 heterocycles. The first kappa shape index (κ1) is 14.8. The summed E-state index contributed by atoms with van der Waals surface area (Å²) >= 11 is 0. The number of likely N-dealkylation sites (tertiary alicyclic amines) is 1. The summed E-state index contributed by atoms with van der Waals surface area (Å²) in [5.74, 6) is 0. The number of halogens is 1. The lowest BCUT2D eigenvalue weighted by Gasteiger charge is -2.33. The molecule has 3 nitrogen and oxygen atoms in total. The van der Waals surface area contributed by atoms with E-state index in [4.69, 9.17) is 0 Å². The molecule has 0 aliphatic carbocycles. The van der Waals surface area contributed by atoms with Crippen LogP contribution in [0.25, 0.3) is 0 Å². The van der Waals surface area contributed by atoms with Crippen molar-refractivity contribution in [1.82, 2.24) is 15.2 Å². The summed E-state index contributed by atoms with van der Waals surface area (Å²) in [7, 11) is 0. The Kier molecular flexibility index (Phi) is 4.82. The van der Waals surface area contributed by atoms with Gasteiger partial charge in [0, 0.05) is 19.3 Å². The zero-order valence-electron chi connectivity index (χ0n) is 11.7. The maximum Gasteiger partial charge on any atom is 0.0544 e. The average molecular weight is 282 g/mol. The quantitative estimate of drug-likeness (QED) is 0.902. The molecule has 0 saturated carbocycles. The van der Waals surface area contributed by atoms with E-state index in [-0.39, 0.29) is 12.4 Å². The molecule has 2 saturated heterocycles. The van der Waals surface area contributed by atoms with Gasteiger partial charge in [0.05, 0.1) is 5.69 Å². The minimum absolute atomic E-state index is 0. The second kappa shape index (κ2) is 6.21. The van der Waals surface area contributed by atoms with Crippen LogP contribution in [0.4, 0.5) is 0 Å². The largest absolute Gasteiger partial charge is 0.317 e. The van der Waals surface area contributed by atoms with Gasteiger partial charge >= 0.3 is 0 Å². The van der Waals surface area contributed by atoms with Crippen molar-refractivity contribution >= 4 is 12.4 Å². The van der Waals surface area contributed by atoms with E-state index in [9.17, 15) is 0 Å². The third-order valence-electron chi connectivity index (χ3n) is 4.54. The van der Waals surface area contributed by atoms with Crippen LogP contribution in [0.2, 0.25) is 0 Å². The lowest BCUT2D eigenvalue weighted by atomic mass is 9.78. The summed E-state index contributed by atoms with van der Waals surface area (Å²) in [6.45, 7) is 8.04. The summed E-state index contributed by atoms with van der Waals surface area (Å²) in [4.78, 5) is 7.11. The lowest BCUT2D eigenvalue weighted by molar-refractivity contribution is 0.193. The number of aryl methyl sites for hydroxylation is 1. The summed E-state index contributed by atoms with van der Waals surface area (Å²) in [6.07, 6.45) is 6.06. The Morgan fingerprint density at radius 2 is 2.05 bits per heavy atom. The Morgan fingerprint density at radius 3 is 2.74 bits per heavy atom. The van der Waals surface area contributed by atoms with E-state index in [2.05, 4.69) is 34.3 Å². The van der Waals surface area contributed by atoms with Crippen LogP contribution in [-0.2, 0) is 6.54 Å². The number of hydrogen-bond donors (Lipinski definition) is 1. The maximum atomic E-state index is 4.52. The Hall–Kier alpha value is -0.640. The van der Waals surface area contributed by atoms with Crippen molar-refractivity contribution in [3.8, 4) is 0 Å². The number of aromatic nitrogens is 1. The molecular formula is C15H24ClN3. The summed E-state index contributed by atoms with van der Waals surface area (Å²) in [5.41, 5.74) is 3.07. The van der Waals surface area contributed by atoms with Gasteiger partial charge in [0.15, 0.2) is 0 Å². The average Bonchev–Trinajstić information content (AvgIpc) is 2.76. The topological polar surface area (TPSA) is 28.2 Å². The zero-order chi connectivity index (χ0) is 12.4. The molecule has 0 bridgehead atoms. The number of nitrogens with zero attached hydrogens (tertiary/aromatic N) is 2. The minimum atomic E-state index is 0. The molecule has 2 aliphatic rings. The van der Waals surface area contributed by atoms with E-state index < -0.39 is 0 Å². The highest BCUT2D eigenvalue weighted by Crippen LogP contribution is 2.38. The zero-order valence-corrected chi connectivity index (χ0v) is 12.5. The highest BCUT2D eigenvalue weighted by molar-refractivity contribution is 5.85. The predicted molar refractivity (Wildman–Crippen MR) is 80.7 cm³/mol. The van der Waals surface area contributed by atoms with Gasteiger partial charge in [-0.1, -0.05) is 6.07 Å². The van der Waals surface area contributed by atoms with E-state index in [1.54, 1.807) is 0 Å². The van der Waals surface area contributed by atoms with Crippen molar-refractivity contribution in [2.24, 2.45) is 5.41 Å². The first-order valence-corrected chi connectivity index (χ1v) is 7.10. The van der Waals surface area contributed by atoms with Crippen LogP contribution in [0.15, 0.2) is 18.3 Å². The first-order chi connectivity index (χ1) is 8.76. The van der Waals surface area contributed by atoms with Crippen LogP contribution in [0.1, 0.15) is 30.5 Å². The molecule has 0 amide bonds. The van der Waals surface area contributed by atoms with E-state index >= 15 is 0 Å². The first-order valence-electron chi connectivity index (χ1n) is 7.10. The van der Waals surface area contributed by atoms with Crippen LogP contribution in [-0.4, -0.2) is 36.1 Å². The molecule has 1 aromatic rings. The van der Waals surface area contributed by atoms with Crippen molar-refractivity contribution < 1.29 is 0 Å². The summed E-state index contributed by atoms with van der Waals surface area (Å²) in [5, 5.41) is 3.48. The number of piperidine rings is 1. The van der Waals surface area contributed by atoms with Crippen LogP contribution >= 0.6 is 12.4 Å². The van der Waals surface area contributed by atoms with E-state index in [1.807, 2.05) is 6.20 Å². The SMILES string of the molecule is Cc1ccc(CN2CCC3(CCNCC3)C2)nc1.Cl. The molecule has 106 valence electrons. The summed E-state index contributed by atoms with van der Waals surface area (Å²) in [6, 6.07) is 4.33. The summed E-state index contributed by atoms with van der Waals surface area (Å²) < 4.78 is 0. The molecule has 1 aromatic heterocycles. The van der Waals surface area contributed by atoms with Gasteiger partial charge in [0.2, 0.25) is 0 Å².